The molecule has 3 N–H and O–H groups in total. The molecule has 0 saturated carbocycles. The van der Waals surface area contributed by atoms with Crippen molar-refractivity contribution in [2.24, 2.45) is 5.92 Å². The molecule has 0 saturated heterocycles. The first-order chi connectivity index (χ1) is 28.1. The lowest BCUT2D eigenvalue weighted by Crippen LogP contribution is -2.29. The highest BCUT2D eigenvalue weighted by Crippen LogP contribution is 2.36. The van der Waals surface area contributed by atoms with Gasteiger partial charge in [0.25, 0.3) is 0 Å². The zero-order chi connectivity index (χ0) is 42.8. The Labute approximate surface area is 354 Å². The number of carbonyl (C=O) groups is 2. The number of carbonyl (C=O) groups excluding carboxylic acids is 2. The van der Waals surface area contributed by atoms with Crippen LogP contribution in [0.3, 0.4) is 0 Å². The molecule has 0 aromatic rings. The molecular weight excluding hydrogens is 751 g/mol. The monoisotopic (exact) mass is 837 g/mol. The van der Waals surface area contributed by atoms with E-state index in [-0.39, 0.29) is 19.4 Å². The quantitative estimate of drug-likeness (QED) is 0.0180. The molecule has 0 aliphatic rings. The zero-order valence-corrected chi connectivity index (χ0v) is 37.9. The smallest absolute Gasteiger partial charge is 0.462 e. The second-order valence-electron chi connectivity index (χ2n) is 15.8. The molecular formula is C48H85O9P. The number of phosphoric acid groups is 1. The molecule has 0 amide bonds. The first kappa shape index (κ1) is 55.7. The SMILES string of the molecule is CC/C=C\C/C=C\CC(O)/C=C/C=C\C/C=C\CCCC(=O)OC[C@H](COP(=O)(O)O)OC(=O)CCCCCCCCCCCCCCCCCCCCC(C)CC. The van der Waals surface area contributed by atoms with Gasteiger partial charge in [-0.15, -0.1) is 0 Å². The summed E-state index contributed by atoms with van der Waals surface area (Å²) in [6.07, 6.45) is 48.4. The van der Waals surface area contributed by atoms with E-state index in [4.69, 9.17) is 19.3 Å². The third-order valence-electron chi connectivity index (χ3n) is 10.2. The van der Waals surface area contributed by atoms with E-state index in [0.29, 0.717) is 25.7 Å². The third-order valence-corrected chi connectivity index (χ3v) is 10.7. The average Bonchev–Trinajstić information content (AvgIpc) is 3.19. The molecule has 336 valence electrons. The molecule has 0 aromatic heterocycles. The summed E-state index contributed by atoms with van der Waals surface area (Å²) < 4.78 is 26.4. The van der Waals surface area contributed by atoms with Gasteiger partial charge < -0.3 is 24.4 Å². The summed E-state index contributed by atoms with van der Waals surface area (Å²) in [6, 6.07) is 0. The van der Waals surface area contributed by atoms with Crippen molar-refractivity contribution in [1.82, 2.24) is 0 Å². The van der Waals surface area contributed by atoms with E-state index >= 15 is 0 Å². The molecule has 9 nitrogen and oxygen atoms in total. The van der Waals surface area contributed by atoms with Crippen LogP contribution in [0.5, 0.6) is 0 Å². The van der Waals surface area contributed by atoms with Gasteiger partial charge in [-0.05, 0) is 50.9 Å². The van der Waals surface area contributed by atoms with Crippen LogP contribution in [0.4, 0.5) is 0 Å². The van der Waals surface area contributed by atoms with Gasteiger partial charge in [0.15, 0.2) is 6.10 Å². The van der Waals surface area contributed by atoms with E-state index in [1.807, 2.05) is 42.5 Å². The minimum Gasteiger partial charge on any atom is -0.462 e. The molecule has 58 heavy (non-hydrogen) atoms. The zero-order valence-electron chi connectivity index (χ0n) is 37.0. The Bertz CT molecular complexity index is 1160. The van der Waals surface area contributed by atoms with Gasteiger partial charge >= 0.3 is 19.8 Å². The summed E-state index contributed by atoms with van der Waals surface area (Å²) in [5.41, 5.74) is 0. The molecule has 3 atom stereocenters. The second kappa shape index (κ2) is 41.4. The number of aliphatic hydroxyl groups excluding tert-OH is 1. The predicted molar refractivity (Wildman–Crippen MR) is 240 cm³/mol. The topological polar surface area (TPSA) is 140 Å². The fourth-order valence-corrected chi connectivity index (χ4v) is 6.71. The standard InChI is InChI=1S/C48H85O9P/c1-4-6-7-8-28-33-38-45(49)39-34-29-24-21-22-25-30-35-40-47(50)55-42-46(43-56-58(52,53)54)57-48(51)41-36-31-26-20-18-16-14-12-10-9-11-13-15-17-19-23-27-32-37-44(3)5-2/h6-7,22,24-25,28-29,33-34,39,44-46,49H,4-5,8-21,23,26-27,30-32,35-38,40-43H2,1-3H3,(H2,52,53,54)/b7-6-,25-22-,29-24-,33-28-,39-34+/t44?,45?,46-/m1/s1. The van der Waals surface area contributed by atoms with Crippen molar-refractivity contribution < 1.29 is 43.0 Å². The first-order valence-corrected chi connectivity index (χ1v) is 24.6. The van der Waals surface area contributed by atoms with Gasteiger partial charge in [0, 0.05) is 12.8 Å². The van der Waals surface area contributed by atoms with Gasteiger partial charge in [-0.2, -0.15) is 0 Å². The molecule has 0 rings (SSSR count). The van der Waals surface area contributed by atoms with Crippen molar-refractivity contribution in [2.45, 2.75) is 213 Å². The van der Waals surface area contributed by atoms with Crippen LogP contribution in [0.2, 0.25) is 0 Å². The summed E-state index contributed by atoms with van der Waals surface area (Å²) >= 11 is 0. The van der Waals surface area contributed by atoms with Crippen molar-refractivity contribution in [1.29, 1.82) is 0 Å². The number of unbranched alkanes of at least 4 members (excludes halogenated alkanes) is 18. The molecule has 0 aliphatic carbocycles. The van der Waals surface area contributed by atoms with Gasteiger partial charge in [-0.3, -0.25) is 14.1 Å². The van der Waals surface area contributed by atoms with Gasteiger partial charge in [0.05, 0.1) is 12.7 Å². The maximum atomic E-state index is 12.4. The Morgan fingerprint density at radius 3 is 1.69 bits per heavy atom. The molecule has 0 radical (unpaired) electrons. The number of hydrogen-bond acceptors (Lipinski definition) is 7. The maximum absolute atomic E-state index is 12.4. The van der Waals surface area contributed by atoms with Crippen LogP contribution >= 0.6 is 7.82 Å². The second-order valence-corrected chi connectivity index (χ2v) is 17.0. The number of hydrogen-bond donors (Lipinski definition) is 3. The van der Waals surface area contributed by atoms with Gasteiger partial charge in [-0.1, -0.05) is 204 Å². The van der Waals surface area contributed by atoms with E-state index < -0.39 is 38.6 Å². The number of esters is 2. The number of allylic oxidation sites excluding steroid dienone is 8. The Hall–Kier alpha value is -2.29. The Balaban J connectivity index is 3.98. The van der Waals surface area contributed by atoms with Crippen LogP contribution in [-0.4, -0.2) is 52.3 Å². The van der Waals surface area contributed by atoms with Crippen LogP contribution in [0.25, 0.3) is 0 Å². The van der Waals surface area contributed by atoms with Crippen molar-refractivity contribution >= 4 is 19.8 Å². The minimum absolute atomic E-state index is 0.156. The molecule has 0 aliphatic heterocycles. The van der Waals surface area contributed by atoms with Crippen molar-refractivity contribution in [2.75, 3.05) is 13.2 Å². The lowest BCUT2D eigenvalue weighted by atomic mass is 9.99. The highest BCUT2D eigenvalue weighted by atomic mass is 31.2. The molecule has 0 spiro atoms. The molecule has 0 heterocycles. The molecule has 0 aromatic carbocycles. The van der Waals surface area contributed by atoms with Crippen LogP contribution in [0, 0.1) is 5.92 Å². The Morgan fingerprint density at radius 2 is 1.12 bits per heavy atom. The average molecular weight is 837 g/mol. The predicted octanol–water partition coefficient (Wildman–Crippen LogP) is 13.3. The van der Waals surface area contributed by atoms with Crippen molar-refractivity contribution in [3.8, 4) is 0 Å². The number of ether oxygens (including phenoxy) is 2. The summed E-state index contributed by atoms with van der Waals surface area (Å²) in [7, 11) is -4.79. The molecule has 0 fully saturated rings. The van der Waals surface area contributed by atoms with Gasteiger partial charge in [-0.25, -0.2) is 4.57 Å². The fourth-order valence-electron chi connectivity index (χ4n) is 6.35. The van der Waals surface area contributed by atoms with E-state index in [0.717, 1.165) is 44.4 Å². The fraction of sp³-hybridized carbons (Fsp3) is 0.750. The van der Waals surface area contributed by atoms with Crippen LogP contribution < -0.4 is 0 Å². The van der Waals surface area contributed by atoms with Gasteiger partial charge in [0.2, 0.25) is 0 Å². The first-order valence-electron chi connectivity index (χ1n) is 23.1. The Kier molecular flexibility index (Phi) is 39.8. The van der Waals surface area contributed by atoms with E-state index in [9.17, 15) is 19.3 Å². The van der Waals surface area contributed by atoms with E-state index in [1.165, 1.54) is 103 Å². The number of rotatable bonds is 41. The largest absolute Gasteiger partial charge is 0.469 e. The Morgan fingerprint density at radius 1 is 0.603 bits per heavy atom. The highest BCUT2D eigenvalue weighted by molar-refractivity contribution is 7.46. The van der Waals surface area contributed by atoms with Crippen molar-refractivity contribution in [3.05, 3.63) is 60.8 Å². The minimum atomic E-state index is -4.79. The van der Waals surface area contributed by atoms with Crippen LogP contribution in [0.1, 0.15) is 201 Å². The van der Waals surface area contributed by atoms with Crippen LogP contribution in [-0.2, 0) is 28.2 Å². The van der Waals surface area contributed by atoms with Crippen LogP contribution in [0.15, 0.2) is 60.8 Å². The lowest BCUT2D eigenvalue weighted by Gasteiger charge is -2.18. The summed E-state index contributed by atoms with van der Waals surface area (Å²) in [5.74, 6) is -0.0952. The number of aliphatic hydroxyl groups is 1. The third kappa shape index (κ3) is 43.3. The highest BCUT2D eigenvalue weighted by Gasteiger charge is 2.23. The maximum Gasteiger partial charge on any atom is 0.469 e. The van der Waals surface area contributed by atoms with E-state index in [2.05, 4.69) is 37.4 Å². The molecule has 2 unspecified atom stereocenters. The van der Waals surface area contributed by atoms with E-state index in [1.54, 1.807) is 6.08 Å². The number of phosphoric ester groups is 1. The molecule has 10 heteroatoms. The summed E-state index contributed by atoms with van der Waals surface area (Å²) in [4.78, 5) is 42.9. The summed E-state index contributed by atoms with van der Waals surface area (Å²) in [6.45, 7) is 5.85. The molecule has 0 bridgehead atoms. The summed E-state index contributed by atoms with van der Waals surface area (Å²) in [5, 5.41) is 9.99. The lowest BCUT2D eigenvalue weighted by molar-refractivity contribution is -0.161. The van der Waals surface area contributed by atoms with Crippen molar-refractivity contribution in [3.63, 3.8) is 0 Å². The van der Waals surface area contributed by atoms with Gasteiger partial charge in [0.1, 0.15) is 6.61 Å². The normalized spacial score (nSPS) is 14.1.